The molecule has 132 valence electrons. The Morgan fingerprint density at radius 2 is 1.84 bits per heavy atom. The van der Waals surface area contributed by atoms with Crippen molar-refractivity contribution in [3.8, 4) is 0 Å². The van der Waals surface area contributed by atoms with Crippen molar-refractivity contribution in [1.82, 2.24) is 4.57 Å². The quantitative estimate of drug-likeness (QED) is 0.841. The zero-order valence-electron chi connectivity index (χ0n) is 15.2. The number of anilines is 1. The highest BCUT2D eigenvalue weighted by Crippen LogP contribution is 2.38. The minimum Gasteiger partial charge on any atom is -0.452 e. The van der Waals surface area contributed by atoms with E-state index in [1.807, 2.05) is 52.0 Å². The highest BCUT2D eigenvalue weighted by atomic mass is 16.5. The van der Waals surface area contributed by atoms with Crippen LogP contribution in [0.25, 0.3) is 0 Å². The van der Waals surface area contributed by atoms with Gasteiger partial charge in [0.05, 0.1) is 5.56 Å². The second-order valence-electron chi connectivity index (χ2n) is 6.81. The summed E-state index contributed by atoms with van der Waals surface area (Å²) >= 11 is 0. The molecule has 0 spiro atoms. The van der Waals surface area contributed by atoms with Crippen molar-refractivity contribution in [3.63, 3.8) is 0 Å². The monoisotopic (exact) mass is 340 g/mol. The van der Waals surface area contributed by atoms with Crippen LogP contribution in [0.4, 0.5) is 5.69 Å². The Kier molecular flexibility index (Phi) is 4.66. The summed E-state index contributed by atoms with van der Waals surface area (Å²) in [5, 5.41) is 2.75. The van der Waals surface area contributed by atoms with Gasteiger partial charge in [0.2, 0.25) is 0 Å². The third kappa shape index (κ3) is 3.76. The minimum atomic E-state index is -0.449. The van der Waals surface area contributed by atoms with Crippen LogP contribution in [0.1, 0.15) is 51.8 Å². The van der Waals surface area contributed by atoms with E-state index in [0.717, 1.165) is 35.4 Å². The van der Waals surface area contributed by atoms with Crippen molar-refractivity contribution in [3.05, 3.63) is 52.3 Å². The second-order valence-corrected chi connectivity index (χ2v) is 6.81. The lowest BCUT2D eigenvalue weighted by Gasteiger charge is -2.09. The molecule has 1 heterocycles. The van der Waals surface area contributed by atoms with Crippen molar-refractivity contribution in [2.75, 3.05) is 11.9 Å². The first-order valence-corrected chi connectivity index (χ1v) is 8.59. The number of amides is 1. The maximum Gasteiger partial charge on any atom is 0.340 e. The molecule has 5 nitrogen and oxygen atoms in total. The summed E-state index contributed by atoms with van der Waals surface area (Å²) in [6.45, 7) is 7.63. The molecule has 0 bridgehead atoms. The highest BCUT2D eigenvalue weighted by molar-refractivity contribution is 5.96. The van der Waals surface area contributed by atoms with Crippen molar-refractivity contribution >= 4 is 17.6 Å². The summed E-state index contributed by atoms with van der Waals surface area (Å²) in [5.41, 5.74) is 5.49. The third-order valence-corrected chi connectivity index (χ3v) is 4.74. The summed E-state index contributed by atoms with van der Waals surface area (Å²) in [5.74, 6) is -0.789. The van der Waals surface area contributed by atoms with Gasteiger partial charge in [-0.3, -0.25) is 4.79 Å². The molecule has 3 rings (SSSR count). The fourth-order valence-electron chi connectivity index (χ4n) is 3.10. The van der Waals surface area contributed by atoms with E-state index in [-0.39, 0.29) is 12.5 Å². The van der Waals surface area contributed by atoms with Gasteiger partial charge in [0.25, 0.3) is 5.91 Å². The Morgan fingerprint density at radius 3 is 2.48 bits per heavy atom. The first kappa shape index (κ1) is 17.3. The number of nitrogens with one attached hydrogen (secondary N) is 1. The number of carbonyl (C=O) groups is 2. The molecule has 1 amide bonds. The van der Waals surface area contributed by atoms with Gasteiger partial charge in [-0.2, -0.15) is 0 Å². The number of benzene rings is 1. The molecule has 0 atom stereocenters. The van der Waals surface area contributed by atoms with Crippen LogP contribution in [-0.2, 0) is 9.53 Å². The summed E-state index contributed by atoms with van der Waals surface area (Å²) in [7, 11) is 0. The normalized spacial score (nSPS) is 13.6. The number of aromatic nitrogens is 1. The molecule has 0 aliphatic heterocycles. The van der Waals surface area contributed by atoms with Crippen molar-refractivity contribution in [1.29, 1.82) is 0 Å². The van der Waals surface area contributed by atoms with Gasteiger partial charge in [0.15, 0.2) is 6.61 Å². The molecule has 0 saturated heterocycles. The van der Waals surface area contributed by atoms with Crippen molar-refractivity contribution in [2.24, 2.45) is 0 Å². The molecule has 1 aromatic carbocycles. The van der Waals surface area contributed by atoms with Crippen LogP contribution in [0.3, 0.4) is 0 Å². The van der Waals surface area contributed by atoms with Gasteiger partial charge in [-0.1, -0.05) is 6.07 Å². The maximum absolute atomic E-state index is 12.3. The zero-order chi connectivity index (χ0) is 18.1. The summed E-state index contributed by atoms with van der Waals surface area (Å²) in [4.78, 5) is 24.3. The van der Waals surface area contributed by atoms with E-state index >= 15 is 0 Å². The fraction of sp³-hybridized carbons (Fsp3) is 0.400. The zero-order valence-corrected chi connectivity index (χ0v) is 15.2. The molecule has 1 aliphatic rings. The van der Waals surface area contributed by atoms with E-state index < -0.39 is 5.97 Å². The number of hydrogen-bond donors (Lipinski definition) is 1. The Bertz CT molecular complexity index is 832. The summed E-state index contributed by atoms with van der Waals surface area (Å²) in [6, 6.07) is 8.04. The number of nitrogens with zero attached hydrogens (tertiary/aromatic N) is 1. The van der Waals surface area contributed by atoms with E-state index in [2.05, 4.69) is 9.88 Å². The Hall–Kier alpha value is -2.56. The Labute approximate surface area is 148 Å². The smallest absolute Gasteiger partial charge is 0.340 e. The third-order valence-electron chi connectivity index (χ3n) is 4.74. The van der Waals surface area contributed by atoms with Crippen LogP contribution in [0, 0.1) is 27.7 Å². The van der Waals surface area contributed by atoms with E-state index in [0.29, 0.717) is 17.3 Å². The van der Waals surface area contributed by atoms with Gasteiger partial charge >= 0.3 is 5.97 Å². The van der Waals surface area contributed by atoms with Gasteiger partial charge in [-0.25, -0.2) is 4.79 Å². The lowest BCUT2D eigenvalue weighted by Crippen LogP contribution is -2.21. The SMILES string of the molecule is Cc1ccc(NC(=O)COC(=O)c2cc(C)n(C3CC3)c2C)cc1C. The largest absolute Gasteiger partial charge is 0.452 e. The fourth-order valence-corrected chi connectivity index (χ4v) is 3.10. The van der Waals surface area contributed by atoms with Crippen LogP contribution in [0.5, 0.6) is 0 Å². The topological polar surface area (TPSA) is 60.3 Å². The highest BCUT2D eigenvalue weighted by Gasteiger charge is 2.28. The molecule has 25 heavy (non-hydrogen) atoms. The van der Waals surface area contributed by atoms with Gasteiger partial charge in [0.1, 0.15) is 0 Å². The predicted octanol–water partition coefficient (Wildman–Crippen LogP) is 3.85. The number of aryl methyl sites for hydroxylation is 3. The van der Waals surface area contributed by atoms with E-state index in [9.17, 15) is 9.59 Å². The van der Waals surface area contributed by atoms with Gasteiger partial charge in [-0.15, -0.1) is 0 Å². The number of esters is 1. The molecule has 2 aromatic rings. The average molecular weight is 340 g/mol. The molecular formula is C20H24N2O3. The van der Waals surface area contributed by atoms with Crippen LogP contribution in [-0.4, -0.2) is 23.1 Å². The molecule has 5 heteroatoms. The van der Waals surface area contributed by atoms with Gasteiger partial charge in [0, 0.05) is 23.1 Å². The van der Waals surface area contributed by atoms with Crippen LogP contribution in [0.15, 0.2) is 24.3 Å². The Balaban J connectivity index is 1.59. The van der Waals surface area contributed by atoms with Gasteiger partial charge in [-0.05, 0) is 69.9 Å². The number of rotatable bonds is 5. The summed E-state index contributed by atoms with van der Waals surface area (Å²) in [6.07, 6.45) is 2.31. The lowest BCUT2D eigenvalue weighted by molar-refractivity contribution is -0.119. The van der Waals surface area contributed by atoms with Crippen LogP contribution >= 0.6 is 0 Å². The lowest BCUT2D eigenvalue weighted by atomic mass is 10.1. The second kappa shape index (κ2) is 6.75. The average Bonchev–Trinajstić information content (AvgIpc) is 3.34. The molecule has 0 unspecified atom stereocenters. The van der Waals surface area contributed by atoms with E-state index in [1.165, 1.54) is 0 Å². The molecule has 1 N–H and O–H groups in total. The first-order chi connectivity index (χ1) is 11.9. The molecule has 1 saturated carbocycles. The number of ether oxygens (including phenoxy) is 1. The predicted molar refractivity (Wildman–Crippen MR) is 97.0 cm³/mol. The molecule has 1 aromatic heterocycles. The number of hydrogen-bond acceptors (Lipinski definition) is 3. The Morgan fingerprint density at radius 1 is 1.12 bits per heavy atom. The minimum absolute atomic E-state index is 0.293. The molecular weight excluding hydrogens is 316 g/mol. The summed E-state index contributed by atoms with van der Waals surface area (Å²) < 4.78 is 7.39. The molecule has 0 radical (unpaired) electrons. The van der Waals surface area contributed by atoms with E-state index in [4.69, 9.17) is 4.74 Å². The number of carbonyl (C=O) groups excluding carboxylic acids is 2. The first-order valence-electron chi connectivity index (χ1n) is 8.59. The standard InChI is InChI=1S/C20H24N2O3/c1-12-5-6-16(9-13(12)2)21-19(23)11-25-20(24)18-10-14(3)22(15(18)4)17-7-8-17/h5-6,9-10,17H,7-8,11H2,1-4H3,(H,21,23). The molecule has 1 fully saturated rings. The van der Waals surface area contributed by atoms with Crippen LogP contribution < -0.4 is 5.32 Å². The van der Waals surface area contributed by atoms with Crippen LogP contribution in [0.2, 0.25) is 0 Å². The molecule has 1 aliphatic carbocycles. The van der Waals surface area contributed by atoms with Crippen molar-refractivity contribution < 1.29 is 14.3 Å². The van der Waals surface area contributed by atoms with Crippen molar-refractivity contribution in [2.45, 2.75) is 46.6 Å². The van der Waals surface area contributed by atoms with Gasteiger partial charge < -0.3 is 14.6 Å². The van der Waals surface area contributed by atoms with E-state index in [1.54, 1.807) is 0 Å². The maximum atomic E-state index is 12.3.